The average molecular weight is 393 g/mol. The van der Waals surface area contributed by atoms with E-state index in [1.165, 1.54) is 5.39 Å². The van der Waals surface area contributed by atoms with Gasteiger partial charge in [-0.15, -0.1) is 0 Å². The lowest BCUT2D eigenvalue weighted by molar-refractivity contribution is -0.644. The smallest absolute Gasteiger partial charge is 0.323 e. The van der Waals surface area contributed by atoms with E-state index in [4.69, 9.17) is 0 Å². The minimum Gasteiger partial charge on any atom is -0.480 e. The van der Waals surface area contributed by atoms with Crippen LogP contribution < -0.4 is 19.9 Å². The number of benzene rings is 3. The van der Waals surface area contributed by atoms with Gasteiger partial charge in [-0.2, -0.15) is 0 Å². The predicted octanol–water partition coefficient (Wildman–Crippen LogP) is 2.86. The molecule has 2 heterocycles. The number of rotatable bonds is 3. The number of pyridine rings is 1. The van der Waals surface area contributed by atoms with E-state index in [-0.39, 0.29) is 6.54 Å². The van der Waals surface area contributed by atoms with Crippen LogP contribution in [0.4, 0.5) is 11.4 Å². The molecule has 1 aromatic heterocycles. The molecule has 0 spiro atoms. The fraction of sp³-hybridized carbons (Fsp3) is 0.0769. The Morgan fingerprint density at radius 2 is 1.73 bits per heavy atom. The second kappa shape index (κ2) is 7.16. The predicted molar refractivity (Wildman–Crippen MR) is 119 cm³/mol. The van der Waals surface area contributed by atoms with Crippen LogP contribution in [0, 0.1) is 0 Å². The first kappa shape index (κ1) is 18.1. The molecule has 0 radical (unpaired) electrons. The van der Waals surface area contributed by atoms with E-state index in [0.29, 0.717) is 0 Å². The van der Waals surface area contributed by atoms with Crippen LogP contribution in [-0.4, -0.2) is 17.6 Å². The van der Waals surface area contributed by atoms with Crippen LogP contribution in [0.15, 0.2) is 79.0 Å². The molecule has 0 unspecified atom stereocenters. The van der Waals surface area contributed by atoms with Crippen molar-refractivity contribution in [2.75, 3.05) is 11.4 Å². The van der Waals surface area contributed by atoms with Crippen molar-refractivity contribution in [3.63, 3.8) is 0 Å². The van der Waals surface area contributed by atoms with Crippen molar-refractivity contribution in [2.24, 2.45) is 7.05 Å². The van der Waals surface area contributed by atoms with Crippen molar-refractivity contribution in [3.8, 4) is 0 Å². The molecule has 4 nitrogen and oxygen atoms in total. The molecule has 0 amide bonds. The third kappa shape index (κ3) is 3.03. The van der Waals surface area contributed by atoms with Crippen molar-refractivity contribution in [3.05, 3.63) is 101 Å². The van der Waals surface area contributed by atoms with E-state index in [1.807, 2.05) is 54.4 Å². The molecular weight excluding hydrogens is 372 g/mol. The lowest BCUT2D eigenvalue weighted by Crippen LogP contribution is -2.38. The zero-order valence-corrected chi connectivity index (χ0v) is 16.6. The fourth-order valence-electron chi connectivity index (χ4n) is 4.22. The highest BCUT2D eigenvalue weighted by Crippen LogP contribution is 2.29. The Kier molecular flexibility index (Phi) is 4.32. The van der Waals surface area contributed by atoms with Crippen LogP contribution in [-0.2, 0) is 11.8 Å². The number of hydrogen-bond donors (Lipinski definition) is 1. The van der Waals surface area contributed by atoms with Crippen LogP contribution in [0.5, 0.6) is 0 Å². The third-order valence-electron chi connectivity index (χ3n) is 5.61. The molecule has 30 heavy (non-hydrogen) atoms. The highest BCUT2D eigenvalue weighted by Gasteiger charge is 2.20. The number of hydrogen-bond acceptors (Lipinski definition) is 2. The molecule has 4 aromatic rings. The molecule has 1 aliphatic heterocycles. The zero-order chi connectivity index (χ0) is 20.7. The van der Waals surface area contributed by atoms with E-state index in [9.17, 15) is 9.90 Å². The van der Waals surface area contributed by atoms with Gasteiger partial charge in [-0.1, -0.05) is 42.5 Å². The Morgan fingerprint density at radius 3 is 2.60 bits per heavy atom. The first-order valence-electron chi connectivity index (χ1n) is 9.90. The molecule has 1 aliphatic rings. The summed E-state index contributed by atoms with van der Waals surface area (Å²) in [5, 5.41) is 12.8. The second-order valence-corrected chi connectivity index (χ2v) is 7.51. The second-order valence-electron chi connectivity index (χ2n) is 7.51. The lowest BCUT2D eigenvalue weighted by atomic mass is 10.0. The highest BCUT2D eigenvalue weighted by molar-refractivity contribution is 5.88. The number of aliphatic carboxylic acids is 1. The molecule has 5 rings (SSSR count). The first-order chi connectivity index (χ1) is 14.6. The Hall–Kier alpha value is -3.92. The van der Waals surface area contributed by atoms with Crippen LogP contribution in [0.2, 0.25) is 0 Å². The van der Waals surface area contributed by atoms with Gasteiger partial charge in [0.2, 0.25) is 5.52 Å². The maximum atomic E-state index is 11.6. The first-order valence-corrected chi connectivity index (χ1v) is 9.90. The summed E-state index contributed by atoms with van der Waals surface area (Å²) in [6.45, 7) is -0.0780. The topological polar surface area (TPSA) is 44.4 Å². The number of nitrogens with zero attached hydrogens (tertiary/aromatic N) is 2. The van der Waals surface area contributed by atoms with E-state index in [2.05, 4.69) is 53.2 Å². The van der Waals surface area contributed by atoms with Gasteiger partial charge in [0, 0.05) is 28.7 Å². The number of fused-ring (bicyclic) bond motifs is 3. The summed E-state index contributed by atoms with van der Waals surface area (Å²) in [5.74, 6) is -0.853. The van der Waals surface area contributed by atoms with E-state index in [0.717, 1.165) is 38.5 Å². The zero-order valence-electron chi connectivity index (χ0n) is 16.6. The standard InChI is InChI=1S/C26H20N2O2/c1-27-14-13-19(21-9-3-5-11-24(21)27)15-18-8-6-12-25-22(18)16-20-7-2-4-10-23(20)28(25)17-26(29)30/h2-16H,17H2,1H3/p+1. The van der Waals surface area contributed by atoms with Gasteiger partial charge < -0.3 is 10.0 Å². The molecule has 0 aliphatic carbocycles. The molecule has 1 N–H and O–H groups in total. The SMILES string of the molecule is C[n+]1ccc(/C=c2\cccc3c2=Cc2ccccc2N3CC(=O)O)c2ccccc21. The van der Waals surface area contributed by atoms with Gasteiger partial charge >= 0.3 is 5.97 Å². The van der Waals surface area contributed by atoms with Gasteiger partial charge in [-0.25, -0.2) is 4.57 Å². The number of anilines is 2. The van der Waals surface area contributed by atoms with Crippen molar-refractivity contribution in [2.45, 2.75) is 0 Å². The van der Waals surface area contributed by atoms with Crippen LogP contribution in [0.3, 0.4) is 0 Å². The van der Waals surface area contributed by atoms with Crippen molar-refractivity contribution < 1.29 is 14.5 Å². The van der Waals surface area contributed by atoms with E-state index in [1.54, 1.807) is 0 Å². The maximum absolute atomic E-state index is 11.6. The number of carboxylic acid groups (broad SMARTS) is 1. The van der Waals surface area contributed by atoms with Crippen molar-refractivity contribution >= 4 is 40.4 Å². The summed E-state index contributed by atoms with van der Waals surface area (Å²) in [6.07, 6.45) is 6.41. The highest BCUT2D eigenvalue weighted by atomic mass is 16.4. The minimum absolute atomic E-state index is 0.0780. The summed E-state index contributed by atoms with van der Waals surface area (Å²) in [4.78, 5) is 13.5. The largest absolute Gasteiger partial charge is 0.480 e. The molecule has 146 valence electrons. The Bertz CT molecular complexity index is 1420. The van der Waals surface area contributed by atoms with Crippen LogP contribution >= 0.6 is 0 Å². The molecule has 0 atom stereocenters. The maximum Gasteiger partial charge on any atom is 0.323 e. The van der Waals surface area contributed by atoms with E-state index >= 15 is 0 Å². The molecule has 3 aromatic carbocycles. The van der Waals surface area contributed by atoms with Gasteiger partial charge in [0.05, 0.1) is 5.39 Å². The van der Waals surface area contributed by atoms with Gasteiger partial charge in [-0.3, -0.25) is 4.79 Å². The quantitative estimate of drug-likeness (QED) is 0.545. The molecule has 0 bridgehead atoms. The van der Waals surface area contributed by atoms with Gasteiger partial charge in [0.15, 0.2) is 6.20 Å². The Labute approximate surface area is 174 Å². The average Bonchev–Trinajstić information content (AvgIpc) is 2.76. The van der Waals surface area contributed by atoms with Gasteiger partial charge in [0.25, 0.3) is 0 Å². The number of aryl methyl sites for hydroxylation is 1. The Balaban J connectivity index is 1.80. The minimum atomic E-state index is -0.853. The van der Waals surface area contributed by atoms with Crippen molar-refractivity contribution in [1.29, 1.82) is 0 Å². The summed E-state index contributed by atoms with van der Waals surface area (Å²) in [7, 11) is 2.05. The molecule has 4 heteroatoms. The number of carboxylic acids is 1. The number of aromatic nitrogens is 1. The summed E-state index contributed by atoms with van der Waals surface area (Å²) < 4.78 is 2.12. The molecular formula is C26H21N2O2+. The lowest BCUT2D eigenvalue weighted by Gasteiger charge is -2.28. The normalized spacial score (nSPS) is 13.0. The molecule has 0 fully saturated rings. The van der Waals surface area contributed by atoms with Crippen LogP contribution in [0.25, 0.3) is 23.1 Å². The fourth-order valence-corrected chi connectivity index (χ4v) is 4.22. The summed E-state index contributed by atoms with van der Waals surface area (Å²) in [5.41, 5.74) is 5.15. The van der Waals surface area contributed by atoms with Gasteiger partial charge in [-0.05, 0) is 46.7 Å². The Morgan fingerprint density at radius 1 is 0.967 bits per heavy atom. The monoisotopic (exact) mass is 393 g/mol. The van der Waals surface area contributed by atoms with Gasteiger partial charge in [0.1, 0.15) is 13.6 Å². The molecule has 0 saturated carbocycles. The number of para-hydroxylation sites is 2. The van der Waals surface area contributed by atoms with Crippen LogP contribution in [0.1, 0.15) is 11.1 Å². The summed E-state index contributed by atoms with van der Waals surface area (Å²) in [6, 6.07) is 24.5. The molecule has 0 saturated heterocycles. The van der Waals surface area contributed by atoms with E-state index < -0.39 is 5.97 Å². The summed E-state index contributed by atoms with van der Waals surface area (Å²) >= 11 is 0. The number of carbonyl (C=O) groups is 1. The van der Waals surface area contributed by atoms with Crippen molar-refractivity contribution in [1.82, 2.24) is 0 Å². The third-order valence-corrected chi connectivity index (χ3v) is 5.61.